The van der Waals surface area contributed by atoms with Crippen molar-refractivity contribution in [3.05, 3.63) is 51.0 Å². The molecular formula is C21H18. The van der Waals surface area contributed by atoms with Gasteiger partial charge in [0.1, 0.15) is 0 Å². The third kappa shape index (κ3) is 1.31. The van der Waals surface area contributed by atoms with Crippen LogP contribution in [0.4, 0.5) is 0 Å². The third-order valence-corrected chi connectivity index (χ3v) is 5.18. The molecule has 0 nitrogen and oxygen atoms in total. The summed E-state index contributed by atoms with van der Waals surface area (Å²) < 4.78 is 0. The van der Waals surface area contributed by atoms with Crippen LogP contribution in [0.2, 0.25) is 0 Å². The topological polar surface area (TPSA) is 0 Å². The third-order valence-electron chi connectivity index (χ3n) is 5.18. The van der Waals surface area contributed by atoms with E-state index in [1.807, 2.05) is 0 Å². The first-order valence-corrected chi connectivity index (χ1v) is 8.10. The second kappa shape index (κ2) is 3.98. The molecule has 0 N–H and O–H groups in total. The van der Waals surface area contributed by atoms with Crippen molar-refractivity contribution in [1.29, 1.82) is 0 Å². The fraction of sp³-hybridized carbons (Fsp3) is 0.238. The Morgan fingerprint density at radius 2 is 1.71 bits per heavy atom. The van der Waals surface area contributed by atoms with Crippen molar-refractivity contribution >= 4 is 29.0 Å². The Morgan fingerprint density at radius 3 is 2.52 bits per heavy atom. The van der Waals surface area contributed by atoms with E-state index in [0.717, 1.165) is 0 Å². The van der Waals surface area contributed by atoms with Crippen molar-refractivity contribution in [2.24, 2.45) is 0 Å². The number of hydrogen-bond donors (Lipinski definition) is 0. The summed E-state index contributed by atoms with van der Waals surface area (Å²) in [6.45, 7) is 2.28. The van der Waals surface area contributed by atoms with E-state index in [4.69, 9.17) is 0 Å². The number of aryl methyl sites for hydroxylation is 1. The van der Waals surface area contributed by atoms with Crippen LogP contribution in [0.5, 0.6) is 0 Å². The molecule has 0 atom stereocenters. The molecule has 0 saturated heterocycles. The molecule has 1 aromatic rings. The van der Waals surface area contributed by atoms with Crippen molar-refractivity contribution in [3.63, 3.8) is 0 Å². The molecule has 7 rings (SSSR count). The molecule has 0 spiro atoms. The maximum Gasteiger partial charge on any atom is -0.00137 e. The van der Waals surface area contributed by atoms with Crippen LogP contribution in [-0.4, -0.2) is 0 Å². The second-order valence-corrected chi connectivity index (χ2v) is 6.33. The Hall–Kier alpha value is -2.08. The number of hydrogen-bond acceptors (Lipinski definition) is 0. The molecule has 0 heteroatoms. The number of rotatable bonds is 2. The largest absolute Gasteiger partial charge is 0.0763 e. The van der Waals surface area contributed by atoms with Crippen LogP contribution in [0.25, 0.3) is 40.1 Å². The van der Waals surface area contributed by atoms with E-state index in [-0.39, 0.29) is 0 Å². The molecule has 0 aromatic heterocycles. The molecule has 1 aromatic carbocycles. The van der Waals surface area contributed by atoms with E-state index in [1.165, 1.54) is 52.3 Å². The molecule has 0 radical (unpaired) electrons. The molecule has 0 aliphatic heterocycles. The summed E-state index contributed by atoms with van der Waals surface area (Å²) in [6, 6.07) is 9.09. The lowest BCUT2D eigenvalue weighted by atomic mass is 9.96. The lowest BCUT2D eigenvalue weighted by Crippen LogP contribution is -2.17. The Bertz CT molecular complexity index is 1000. The van der Waals surface area contributed by atoms with Crippen molar-refractivity contribution in [2.45, 2.75) is 32.6 Å². The van der Waals surface area contributed by atoms with Crippen LogP contribution < -0.4 is 15.7 Å². The molecule has 102 valence electrons. The molecule has 6 aliphatic rings. The van der Waals surface area contributed by atoms with Gasteiger partial charge in [-0.2, -0.15) is 0 Å². The van der Waals surface area contributed by atoms with Gasteiger partial charge in [0.05, 0.1) is 0 Å². The SMILES string of the molecule is CCCc1ccccc2c3c4c5c(c-3c1CCC=2)c4=CC=5. The van der Waals surface area contributed by atoms with Crippen LogP contribution >= 0.6 is 0 Å². The summed E-state index contributed by atoms with van der Waals surface area (Å²) in [4.78, 5) is 0. The van der Waals surface area contributed by atoms with Crippen molar-refractivity contribution in [1.82, 2.24) is 0 Å². The van der Waals surface area contributed by atoms with E-state index in [2.05, 4.69) is 49.4 Å². The quantitative estimate of drug-likeness (QED) is 0.671. The first-order chi connectivity index (χ1) is 10.4. The summed E-state index contributed by atoms with van der Waals surface area (Å²) in [5.74, 6) is 0. The Kier molecular flexibility index (Phi) is 2.19. The van der Waals surface area contributed by atoms with Gasteiger partial charge in [0.15, 0.2) is 0 Å². The standard InChI is InChI=1S/C21H18/c1-2-6-13-7-3-4-8-14-9-5-10-15(13)21-18(14)19-16-11-12-17(19)20(16)21/h3-4,7-9,11-12H,2,5-6,10H2,1H3. The molecule has 21 heavy (non-hydrogen) atoms. The highest BCUT2D eigenvalue weighted by Crippen LogP contribution is 2.36. The summed E-state index contributed by atoms with van der Waals surface area (Å²) in [5, 5.41) is 7.54. The zero-order valence-corrected chi connectivity index (χ0v) is 12.4. The van der Waals surface area contributed by atoms with Crippen molar-refractivity contribution in [2.75, 3.05) is 0 Å². The van der Waals surface area contributed by atoms with Crippen LogP contribution in [0.15, 0.2) is 24.3 Å². The van der Waals surface area contributed by atoms with Gasteiger partial charge >= 0.3 is 0 Å². The van der Waals surface area contributed by atoms with Gasteiger partial charge in [-0.25, -0.2) is 0 Å². The summed E-state index contributed by atoms with van der Waals surface area (Å²) in [5.41, 5.74) is 6.26. The van der Waals surface area contributed by atoms with Gasteiger partial charge in [0, 0.05) is 0 Å². The maximum atomic E-state index is 2.44. The fourth-order valence-corrected chi connectivity index (χ4v) is 4.36. The molecule has 0 amide bonds. The highest BCUT2D eigenvalue weighted by molar-refractivity contribution is 6.16. The maximum absolute atomic E-state index is 2.44. The minimum absolute atomic E-state index is 1.17. The van der Waals surface area contributed by atoms with E-state index in [1.54, 1.807) is 22.1 Å². The summed E-state index contributed by atoms with van der Waals surface area (Å²) in [6.07, 6.45) is 11.8. The average Bonchev–Trinajstić information content (AvgIpc) is 3.20. The number of fused-ring (bicyclic) bond motifs is 1. The highest BCUT2D eigenvalue weighted by Gasteiger charge is 2.28. The molecule has 0 saturated carbocycles. The van der Waals surface area contributed by atoms with Crippen LogP contribution in [0, 0.1) is 0 Å². The van der Waals surface area contributed by atoms with Gasteiger partial charge < -0.3 is 0 Å². The molecule has 6 aliphatic carbocycles. The van der Waals surface area contributed by atoms with E-state index >= 15 is 0 Å². The Labute approximate surface area is 124 Å². The molecule has 0 heterocycles. The van der Waals surface area contributed by atoms with Gasteiger partial charge in [-0.15, -0.1) is 0 Å². The van der Waals surface area contributed by atoms with E-state index in [0.29, 0.717) is 0 Å². The molecule has 0 unspecified atom stereocenters. The molecule has 6 bridgehead atoms. The van der Waals surface area contributed by atoms with Crippen molar-refractivity contribution in [3.8, 4) is 11.1 Å². The van der Waals surface area contributed by atoms with Crippen molar-refractivity contribution < 1.29 is 0 Å². The Morgan fingerprint density at radius 1 is 0.952 bits per heavy atom. The zero-order valence-electron chi connectivity index (χ0n) is 12.4. The van der Waals surface area contributed by atoms with Crippen LogP contribution in [0.1, 0.15) is 30.9 Å². The zero-order chi connectivity index (χ0) is 14.0. The van der Waals surface area contributed by atoms with Gasteiger partial charge in [-0.1, -0.05) is 55.8 Å². The molecule has 0 fully saturated rings. The van der Waals surface area contributed by atoms with Crippen LogP contribution in [-0.2, 0) is 12.8 Å². The van der Waals surface area contributed by atoms with E-state index in [9.17, 15) is 0 Å². The monoisotopic (exact) mass is 270 g/mol. The van der Waals surface area contributed by atoms with E-state index < -0.39 is 0 Å². The predicted molar refractivity (Wildman–Crippen MR) is 90.7 cm³/mol. The fourth-order valence-electron chi connectivity index (χ4n) is 4.36. The smallest absolute Gasteiger partial charge is 0.00137 e. The van der Waals surface area contributed by atoms with Gasteiger partial charge in [-0.3, -0.25) is 0 Å². The second-order valence-electron chi connectivity index (χ2n) is 6.33. The van der Waals surface area contributed by atoms with Crippen LogP contribution in [0.3, 0.4) is 0 Å². The Balaban J connectivity index is 2.07. The lowest BCUT2D eigenvalue weighted by molar-refractivity contribution is 0.894. The lowest BCUT2D eigenvalue weighted by Gasteiger charge is -2.08. The van der Waals surface area contributed by atoms with Gasteiger partial charge in [0.25, 0.3) is 0 Å². The minimum Gasteiger partial charge on any atom is -0.0763 e. The first-order valence-electron chi connectivity index (χ1n) is 8.10. The normalized spacial score (nSPS) is 15.1. The predicted octanol–water partition coefficient (Wildman–Crippen LogP) is 2.92. The summed E-state index contributed by atoms with van der Waals surface area (Å²) >= 11 is 0. The highest BCUT2D eigenvalue weighted by atomic mass is 14.3. The summed E-state index contributed by atoms with van der Waals surface area (Å²) in [7, 11) is 0. The minimum atomic E-state index is 1.17. The first kappa shape index (κ1) is 11.6. The van der Waals surface area contributed by atoms with Gasteiger partial charge in [-0.05, 0) is 67.9 Å². The van der Waals surface area contributed by atoms with Gasteiger partial charge in [0.2, 0.25) is 0 Å². The average molecular weight is 270 g/mol. The molecular weight excluding hydrogens is 252 g/mol.